The molecule has 4 N–H and O–H groups in total. The molecule has 2 aliphatic rings. The first-order valence-electron chi connectivity index (χ1n) is 8.61. The molecule has 0 spiro atoms. The first kappa shape index (κ1) is 17.6. The van der Waals surface area contributed by atoms with Gasteiger partial charge in [-0.25, -0.2) is 4.79 Å². The molecule has 0 unspecified atom stereocenters. The van der Waals surface area contributed by atoms with Crippen LogP contribution in [0.1, 0.15) is 57.8 Å². The van der Waals surface area contributed by atoms with E-state index in [1.165, 1.54) is 19.3 Å². The van der Waals surface area contributed by atoms with E-state index in [0.717, 1.165) is 12.8 Å². The number of hydrogen-bond acceptors (Lipinski definition) is 3. The summed E-state index contributed by atoms with van der Waals surface area (Å²) in [5.41, 5.74) is 0. The van der Waals surface area contributed by atoms with Crippen molar-refractivity contribution in [2.45, 2.75) is 69.9 Å². The molecule has 130 valence electrons. The van der Waals surface area contributed by atoms with Crippen LogP contribution in [0.3, 0.4) is 0 Å². The maximum Gasteiger partial charge on any atom is 0.315 e. The van der Waals surface area contributed by atoms with E-state index in [1.54, 1.807) is 0 Å². The Morgan fingerprint density at radius 2 is 1.65 bits per heavy atom. The van der Waals surface area contributed by atoms with Gasteiger partial charge in [0.25, 0.3) is 0 Å². The summed E-state index contributed by atoms with van der Waals surface area (Å²) in [5, 5.41) is 17.3. The quantitative estimate of drug-likeness (QED) is 0.530. The molecule has 0 atom stereocenters. The van der Waals surface area contributed by atoms with Crippen LogP contribution in [-0.2, 0) is 9.59 Å². The van der Waals surface area contributed by atoms with Crippen LogP contribution >= 0.6 is 0 Å². The molecule has 3 amide bonds. The van der Waals surface area contributed by atoms with Gasteiger partial charge in [-0.2, -0.15) is 0 Å². The fourth-order valence-electron chi connectivity index (χ4n) is 3.17. The van der Waals surface area contributed by atoms with Crippen LogP contribution in [0, 0.1) is 5.92 Å². The average molecular weight is 325 g/mol. The Kier molecular flexibility index (Phi) is 6.67. The van der Waals surface area contributed by atoms with Gasteiger partial charge in [0.05, 0.1) is 5.92 Å². The van der Waals surface area contributed by atoms with Crippen molar-refractivity contribution in [3.63, 3.8) is 0 Å². The van der Waals surface area contributed by atoms with Crippen LogP contribution < -0.4 is 16.0 Å². The lowest BCUT2D eigenvalue weighted by Crippen LogP contribution is -2.47. The summed E-state index contributed by atoms with van der Waals surface area (Å²) >= 11 is 0. The van der Waals surface area contributed by atoms with Crippen molar-refractivity contribution >= 4 is 17.9 Å². The maximum atomic E-state index is 11.7. The highest BCUT2D eigenvalue weighted by Gasteiger charge is 2.35. The lowest BCUT2D eigenvalue weighted by Gasteiger charge is -2.32. The number of amides is 3. The molecule has 0 aromatic rings. The first-order valence-corrected chi connectivity index (χ1v) is 8.61. The predicted molar refractivity (Wildman–Crippen MR) is 84.9 cm³/mol. The summed E-state index contributed by atoms with van der Waals surface area (Å²) in [4.78, 5) is 34.1. The zero-order valence-corrected chi connectivity index (χ0v) is 13.5. The van der Waals surface area contributed by atoms with Crippen molar-refractivity contribution in [3.8, 4) is 0 Å². The van der Waals surface area contributed by atoms with Crippen LogP contribution in [0.15, 0.2) is 0 Å². The molecule has 0 bridgehead atoms. The van der Waals surface area contributed by atoms with E-state index in [4.69, 9.17) is 5.11 Å². The molecule has 0 aromatic carbocycles. The summed E-state index contributed by atoms with van der Waals surface area (Å²) in [7, 11) is 0. The molecule has 2 fully saturated rings. The van der Waals surface area contributed by atoms with Gasteiger partial charge in [0.1, 0.15) is 0 Å². The van der Waals surface area contributed by atoms with E-state index < -0.39 is 5.97 Å². The third kappa shape index (κ3) is 6.08. The molecule has 2 aliphatic carbocycles. The number of nitrogens with one attached hydrogen (secondary N) is 3. The van der Waals surface area contributed by atoms with Gasteiger partial charge >= 0.3 is 12.0 Å². The van der Waals surface area contributed by atoms with Gasteiger partial charge in [-0.05, 0) is 32.1 Å². The van der Waals surface area contributed by atoms with Gasteiger partial charge in [-0.15, -0.1) is 0 Å². The predicted octanol–water partition coefficient (Wildman–Crippen LogP) is 1.38. The highest BCUT2D eigenvalue weighted by molar-refractivity contribution is 5.77. The Hall–Kier alpha value is -1.79. The lowest BCUT2D eigenvalue weighted by molar-refractivity contribution is -0.146. The van der Waals surface area contributed by atoms with Crippen LogP contribution in [0.25, 0.3) is 0 Å². The molecule has 7 nitrogen and oxygen atoms in total. The molecular formula is C16H27N3O4. The summed E-state index contributed by atoms with van der Waals surface area (Å²) in [6, 6.07) is 0.125. The Labute approximate surface area is 136 Å². The van der Waals surface area contributed by atoms with E-state index in [-0.39, 0.29) is 29.9 Å². The Morgan fingerprint density at radius 3 is 2.30 bits per heavy atom. The number of carbonyl (C=O) groups is 3. The van der Waals surface area contributed by atoms with Crippen molar-refractivity contribution < 1.29 is 19.5 Å². The Balaban J connectivity index is 1.47. The largest absolute Gasteiger partial charge is 0.481 e. The number of carbonyl (C=O) groups excluding carboxylic acids is 2. The molecule has 0 saturated heterocycles. The van der Waals surface area contributed by atoms with Gasteiger partial charge in [0, 0.05) is 25.0 Å². The Morgan fingerprint density at radius 1 is 0.957 bits per heavy atom. The second-order valence-corrected chi connectivity index (χ2v) is 6.61. The summed E-state index contributed by atoms with van der Waals surface area (Å²) in [5.74, 6) is -1.18. The van der Waals surface area contributed by atoms with Gasteiger partial charge in [-0.1, -0.05) is 19.3 Å². The fraction of sp³-hybridized carbons (Fsp3) is 0.812. The molecule has 0 aliphatic heterocycles. The number of carboxylic acid groups (broad SMARTS) is 1. The van der Waals surface area contributed by atoms with Crippen molar-refractivity contribution in [1.29, 1.82) is 0 Å². The molecular weight excluding hydrogens is 298 g/mol. The van der Waals surface area contributed by atoms with E-state index in [1.807, 2.05) is 0 Å². The van der Waals surface area contributed by atoms with E-state index >= 15 is 0 Å². The van der Waals surface area contributed by atoms with Gasteiger partial charge in [0.15, 0.2) is 0 Å². The normalized spacial score (nSPS) is 24.3. The number of hydrogen-bond donors (Lipinski definition) is 4. The minimum atomic E-state index is -0.788. The Bertz CT molecular complexity index is 429. The zero-order valence-electron chi connectivity index (χ0n) is 13.5. The lowest BCUT2D eigenvalue weighted by atomic mass is 9.80. The minimum absolute atomic E-state index is 0.00819. The molecule has 23 heavy (non-hydrogen) atoms. The fourth-order valence-corrected chi connectivity index (χ4v) is 3.17. The van der Waals surface area contributed by atoms with Crippen molar-refractivity contribution in [2.75, 3.05) is 6.54 Å². The average Bonchev–Trinajstić information content (AvgIpc) is 2.47. The van der Waals surface area contributed by atoms with Gasteiger partial charge in [0.2, 0.25) is 5.91 Å². The third-order valence-corrected chi connectivity index (χ3v) is 4.66. The molecule has 0 radical (unpaired) electrons. The van der Waals surface area contributed by atoms with Crippen LogP contribution in [0.2, 0.25) is 0 Å². The van der Waals surface area contributed by atoms with E-state index in [2.05, 4.69) is 16.0 Å². The van der Waals surface area contributed by atoms with Crippen molar-refractivity contribution in [2.24, 2.45) is 5.92 Å². The number of aliphatic carboxylic acids is 1. The standard InChI is InChI=1S/C16H27N3O4/c20-14(18-13-9-11(10-13)15(21)22)7-4-8-17-16(23)19-12-5-2-1-3-6-12/h11-13H,1-10H2,(H,18,20)(H,21,22)(H2,17,19,23). The number of rotatable bonds is 7. The molecule has 2 saturated carbocycles. The third-order valence-electron chi connectivity index (χ3n) is 4.66. The SMILES string of the molecule is O=C(CCCNC(=O)NC1CCCCC1)NC1CC(C(=O)O)C1. The number of urea groups is 1. The summed E-state index contributed by atoms with van der Waals surface area (Å²) in [6.45, 7) is 0.467. The monoisotopic (exact) mass is 325 g/mol. The molecule has 7 heteroatoms. The van der Waals surface area contributed by atoms with Crippen LogP contribution in [0.4, 0.5) is 4.79 Å². The molecule has 0 heterocycles. The number of carboxylic acids is 1. The van der Waals surface area contributed by atoms with E-state index in [0.29, 0.717) is 32.2 Å². The first-order chi connectivity index (χ1) is 11.0. The van der Waals surface area contributed by atoms with E-state index in [9.17, 15) is 14.4 Å². The van der Waals surface area contributed by atoms with Crippen LogP contribution in [-0.4, -0.2) is 41.6 Å². The van der Waals surface area contributed by atoms with Gasteiger partial charge in [-0.3, -0.25) is 9.59 Å². The maximum absolute atomic E-state index is 11.7. The highest BCUT2D eigenvalue weighted by Crippen LogP contribution is 2.27. The van der Waals surface area contributed by atoms with Crippen molar-refractivity contribution in [1.82, 2.24) is 16.0 Å². The zero-order chi connectivity index (χ0) is 16.7. The molecule has 0 aromatic heterocycles. The van der Waals surface area contributed by atoms with Gasteiger partial charge < -0.3 is 21.1 Å². The second kappa shape index (κ2) is 8.74. The molecule has 2 rings (SSSR count). The smallest absolute Gasteiger partial charge is 0.315 e. The van der Waals surface area contributed by atoms with Crippen molar-refractivity contribution in [3.05, 3.63) is 0 Å². The minimum Gasteiger partial charge on any atom is -0.481 e. The summed E-state index contributed by atoms with van der Waals surface area (Å²) < 4.78 is 0. The second-order valence-electron chi connectivity index (χ2n) is 6.61. The highest BCUT2D eigenvalue weighted by atomic mass is 16.4. The topological polar surface area (TPSA) is 108 Å². The summed E-state index contributed by atoms with van der Waals surface area (Å²) in [6.07, 6.45) is 7.67. The van der Waals surface area contributed by atoms with Crippen LogP contribution in [0.5, 0.6) is 0 Å².